The second-order valence-corrected chi connectivity index (χ2v) is 12.1. The maximum absolute atomic E-state index is 13.3. The fraction of sp³-hybridized carbons (Fsp3) is 0.292. The predicted molar refractivity (Wildman–Crippen MR) is 137 cm³/mol. The summed E-state index contributed by atoms with van der Waals surface area (Å²) in [7, 11) is -8.90. The van der Waals surface area contributed by atoms with E-state index in [1.807, 2.05) is 0 Å². The Hall–Kier alpha value is -3.47. The molecule has 0 aliphatic carbocycles. The van der Waals surface area contributed by atoms with Crippen molar-refractivity contribution in [3.05, 3.63) is 72.3 Å². The Bertz CT molecular complexity index is 1710. The van der Waals surface area contributed by atoms with Gasteiger partial charge in [-0.15, -0.1) is 0 Å². The fourth-order valence-electron chi connectivity index (χ4n) is 4.17. The number of anilines is 1. The van der Waals surface area contributed by atoms with E-state index < -0.39 is 51.4 Å². The summed E-state index contributed by atoms with van der Waals surface area (Å²) < 4.78 is 71.4. The van der Waals surface area contributed by atoms with Crippen molar-refractivity contribution >= 4 is 37.2 Å². The number of ether oxygens (including phenoxy) is 1. The number of hydrogen-bond acceptors (Lipinski definition) is 12. The standard InChI is InChI=1S/C24H25N5O8S2/c1-14-3-7-16(8-4-14)38(31,32)36-20-18(11-30)35-24(29-13-28-19-22(25)26-12-27-23(19)29)21(20)37-39(33,34)17-9-5-15(2)6-10-17/h3-10,12-13,18,20-21,24,30H,11H2,1-2H3,(H2,25,26,27)/t18-,20+,21-,24-/m1/s1. The Morgan fingerprint density at radius 2 is 1.41 bits per heavy atom. The molecule has 2 aromatic carbocycles. The lowest BCUT2D eigenvalue weighted by Gasteiger charge is -2.24. The average molecular weight is 576 g/mol. The summed E-state index contributed by atoms with van der Waals surface area (Å²) in [5.41, 5.74) is 7.92. The van der Waals surface area contributed by atoms with E-state index in [1.165, 1.54) is 41.5 Å². The first-order chi connectivity index (χ1) is 18.5. The Morgan fingerprint density at radius 3 is 1.95 bits per heavy atom. The van der Waals surface area contributed by atoms with Gasteiger partial charge in [-0.1, -0.05) is 35.4 Å². The number of imidazole rings is 1. The fourth-order valence-corrected chi connectivity index (χ4v) is 6.35. The lowest BCUT2D eigenvalue weighted by molar-refractivity contribution is -0.0466. The number of benzene rings is 2. The molecule has 0 bridgehead atoms. The molecule has 4 aromatic rings. The van der Waals surface area contributed by atoms with E-state index in [1.54, 1.807) is 38.1 Å². The van der Waals surface area contributed by atoms with E-state index in [-0.39, 0.29) is 26.8 Å². The maximum Gasteiger partial charge on any atom is 0.297 e. The second kappa shape index (κ2) is 10.3. The van der Waals surface area contributed by atoms with Crippen LogP contribution in [-0.4, -0.2) is 66.4 Å². The SMILES string of the molecule is Cc1ccc(S(=O)(=O)O[C@@H]2[C@@H](OS(=O)(=O)c3ccc(C)cc3)[C@@H](CO)O[C@H]2n2cnc3c(N)ncnc32)cc1. The molecule has 0 amide bonds. The van der Waals surface area contributed by atoms with Gasteiger partial charge in [0.2, 0.25) is 0 Å². The van der Waals surface area contributed by atoms with Crippen molar-refractivity contribution in [2.75, 3.05) is 12.3 Å². The van der Waals surface area contributed by atoms with Crippen LogP contribution in [-0.2, 0) is 33.3 Å². The molecule has 1 fully saturated rings. The summed E-state index contributed by atoms with van der Waals surface area (Å²) in [5, 5.41) is 10.1. The molecule has 15 heteroatoms. The molecule has 0 saturated carbocycles. The summed E-state index contributed by atoms with van der Waals surface area (Å²) in [5.74, 6) is 0.0648. The minimum Gasteiger partial charge on any atom is -0.394 e. The Labute approximate surface area is 224 Å². The van der Waals surface area contributed by atoms with Crippen molar-refractivity contribution in [3.63, 3.8) is 0 Å². The van der Waals surface area contributed by atoms with Crippen molar-refractivity contribution < 1.29 is 35.0 Å². The van der Waals surface area contributed by atoms with Crippen molar-refractivity contribution in [1.82, 2.24) is 19.5 Å². The Morgan fingerprint density at radius 1 is 0.872 bits per heavy atom. The van der Waals surface area contributed by atoms with Crippen LogP contribution in [0.15, 0.2) is 71.0 Å². The predicted octanol–water partition coefficient (Wildman–Crippen LogP) is 1.46. The quantitative estimate of drug-likeness (QED) is 0.289. The number of aliphatic hydroxyl groups excluding tert-OH is 1. The van der Waals surface area contributed by atoms with E-state index in [9.17, 15) is 21.9 Å². The zero-order chi connectivity index (χ0) is 27.9. The maximum atomic E-state index is 13.3. The Kier molecular flexibility index (Phi) is 7.13. The smallest absolute Gasteiger partial charge is 0.297 e. The Balaban J connectivity index is 1.59. The van der Waals surface area contributed by atoms with E-state index in [0.29, 0.717) is 0 Å². The molecule has 3 N–H and O–H groups in total. The molecule has 0 radical (unpaired) electrons. The van der Waals surface area contributed by atoms with Gasteiger partial charge in [0.05, 0.1) is 22.7 Å². The van der Waals surface area contributed by atoms with Crippen LogP contribution in [0.4, 0.5) is 5.82 Å². The van der Waals surface area contributed by atoms with Gasteiger partial charge < -0.3 is 15.6 Å². The van der Waals surface area contributed by atoms with E-state index in [4.69, 9.17) is 18.8 Å². The molecule has 1 saturated heterocycles. The first-order valence-corrected chi connectivity index (χ1v) is 14.5. The lowest BCUT2D eigenvalue weighted by atomic mass is 10.1. The molecule has 4 atom stereocenters. The van der Waals surface area contributed by atoms with Crippen molar-refractivity contribution in [2.24, 2.45) is 0 Å². The topological polar surface area (TPSA) is 186 Å². The summed E-state index contributed by atoms with van der Waals surface area (Å²) in [6, 6.07) is 11.8. The van der Waals surface area contributed by atoms with Crippen molar-refractivity contribution in [2.45, 2.75) is 48.2 Å². The number of hydrogen-bond donors (Lipinski definition) is 2. The molecule has 0 unspecified atom stereocenters. The van der Waals surface area contributed by atoms with Crippen LogP contribution in [0.5, 0.6) is 0 Å². The number of aryl methyl sites for hydroxylation is 2. The first kappa shape index (κ1) is 27.1. The normalized spacial score (nSPS) is 21.9. The third kappa shape index (κ3) is 5.24. The van der Waals surface area contributed by atoms with Crippen LogP contribution in [0.25, 0.3) is 11.2 Å². The van der Waals surface area contributed by atoms with Gasteiger partial charge >= 0.3 is 0 Å². The number of nitrogens with zero attached hydrogens (tertiary/aromatic N) is 4. The van der Waals surface area contributed by atoms with Gasteiger partial charge in [-0.2, -0.15) is 16.8 Å². The van der Waals surface area contributed by atoms with Crippen LogP contribution in [0.2, 0.25) is 0 Å². The van der Waals surface area contributed by atoms with Gasteiger partial charge in [-0.3, -0.25) is 12.9 Å². The number of aromatic nitrogens is 4. The second-order valence-electron chi connectivity index (χ2n) is 8.99. The largest absolute Gasteiger partial charge is 0.394 e. The average Bonchev–Trinajstić information content (AvgIpc) is 3.46. The lowest BCUT2D eigenvalue weighted by Crippen LogP contribution is -2.40. The minimum atomic E-state index is -4.46. The van der Waals surface area contributed by atoms with Crippen LogP contribution in [0.3, 0.4) is 0 Å². The number of fused-ring (bicyclic) bond motifs is 1. The van der Waals surface area contributed by atoms with E-state index in [2.05, 4.69) is 15.0 Å². The van der Waals surface area contributed by atoms with E-state index >= 15 is 0 Å². The highest BCUT2D eigenvalue weighted by Crippen LogP contribution is 2.38. The van der Waals surface area contributed by atoms with Gasteiger partial charge in [0, 0.05) is 0 Å². The zero-order valence-corrected chi connectivity index (χ0v) is 22.4. The minimum absolute atomic E-state index is 0.0648. The van der Waals surface area contributed by atoms with Gasteiger partial charge in [0.25, 0.3) is 20.2 Å². The molecule has 0 spiro atoms. The molecule has 3 heterocycles. The summed E-state index contributed by atoms with van der Waals surface area (Å²) >= 11 is 0. The van der Waals surface area contributed by atoms with Crippen molar-refractivity contribution in [3.8, 4) is 0 Å². The molecule has 1 aliphatic heterocycles. The summed E-state index contributed by atoms with van der Waals surface area (Å²) in [6.07, 6.45) is -3.35. The van der Waals surface area contributed by atoms with Crippen LogP contribution in [0, 0.1) is 13.8 Å². The highest BCUT2D eigenvalue weighted by molar-refractivity contribution is 7.87. The molecular weight excluding hydrogens is 550 g/mol. The molecule has 5 rings (SSSR count). The molecule has 13 nitrogen and oxygen atoms in total. The van der Waals surface area contributed by atoms with Gasteiger partial charge in [0.1, 0.15) is 24.1 Å². The third-order valence-corrected chi connectivity index (χ3v) is 8.87. The van der Waals surface area contributed by atoms with Crippen LogP contribution in [0.1, 0.15) is 17.4 Å². The third-order valence-electron chi connectivity index (χ3n) is 6.22. The first-order valence-electron chi connectivity index (χ1n) is 11.7. The number of nitrogen functional groups attached to an aromatic ring is 1. The highest BCUT2D eigenvalue weighted by Gasteiger charge is 2.52. The van der Waals surface area contributed by atoms with Crippen LogP contribution >= 0.6 is 0 Å². The van der Waals surface area contributed by atoms with Crippen LogP contribution < -0.4 is 5.73 Å². The molecule has 1 aliphatic rings. The zero-order valence-electron chi connectivity index (χ0n) is 20.8. The molecule has 206 valence electrons. The number of nitrogens with two attached hydrogens (primary N) is 1. The van der Waals surface area contributed by atoms with E-state index in [0.717, 1.165) is 11.1 Å². The molecular formula is C24H25N5O8S2. The van der Waals surface area contributed by atoms with Gasteiger partial charge in [-0.05, 0) is 38.1 Å². The summed E-state index contributed by atoms with van der Waals surface area (Å²) in [4.78, 5) is 11.9. The van der Waals surface area contributed by atoms with Gasteiger partial charge in [-0.25, -0.2) is 15.0 Å². The number of aliphatic hydroxyl groups is 1. The number of rotatable bonds is 8. The molecule has 2 aromatic heterocycles. The highest BCUT2D eigenvalue weighted by atomic mass is 32.2. The molecule has 39 heavy (non-hydrogen) atoms. The van der Waals surface area contributed by atoms with Gasteiger partial charge in [0.15, 0.2) is 23.8 Å². The van der Waals surface area contributed by atoms with Crippen molar-refractivity contribution in [1.29, 1.82) is 0 Å². The monoisotopic (exact) mass is 575 g/mol. The summed E-state index contributed by atoms with van der Waals surface area (Å²) in [6.45, 7) is 2.88.